The molecule has 5 aromatic rings. The van der Waals surface area contributed by atoms with Crippen molar-refractivity contribution in [2.45, 2.75) is 44.9 Å². The Morgan fingerprint density at radius 2 is 1.66 bits per heavy atom. The van der Waals surface area contributed by atoms with Crippen molar-refractivity contribution in [1.29, 1.82) is 0 Å². The number of imide groups is 2. The number of urea groups is 1. The van der Waals surface area contributed by atoms with E-state index in [9.17, 15) is 24.0 Å². The molecule has 6 amide bonds. The Labute approximate surface area is 399 Å². The minimum atomic E-state index is -1.03. The molecule has 23 nitrogen and oxygen atoms in total. The van der Waals surface area contributed by atoms with Crippen LogP contribution in [-0.4, -0.2) is 142 Å². The van der Waals surface area contributed by atoms with Gasteiger partial charge in [-0.2, -0.15) is 10.2 Å². The van der Waals surface area contributed by atoms with Crippen LogP contribution in [-0.2, 0) is 39.8 Å². The van der Waals surface area contributed by atoms with E-state index >= 15 is 0 Å². The highest BCUT2D eigenvalue weighted by Crippen LogP contribution is 2.33. The Balaban J connectivity index is 0.718. The molecule has 0 saturated carbocycles. The minimum absolute atomic E-state index is 0.0506. The van der Waals surface area contributed by atoms with Gasteiger partial charge in [0.15, 0.2) is 16.6 Å². The van der Waals surface area contributed by atoms with Gasteiger partial charge in [0.1, 0.15) is 6.04 Å². The molecule has 4 aromatic heterocycles. The number of nitrogens with two attached hydrogens (primary N) is 1. The second-order valence-corrected chi connectivity index (χ2v) is 16.0. The average Bonchev–Trinajstić information content (AvgIpc) is 4.02. The Hall–Kier alpha value is -6.60. The van der Waals surface area contributed by atoms with Crippen LogP contribution in [0.2, 0.25) is 10.2 Å². The molecule has 2 aliphatic rings. The molecule has 6 heterocycles. The highest BCUT2D eigenvalue weighted by atomic mass is 35.5. The van der Waals surface area contributed by atoms with Gasteiger partial charge in [-0.3, -0.25) is 34.4 Å². The van der Waals surface area contributed by atoms with E-state index in [4.69, 9.17) is 52.6 Å². The number of amides is 6. The predicted octanol–water partition coefficient (Wildman–Crippen LogP) is 3.80. The number of ether oxygens (including phenoxy) is 5. The average molecular weight is 979 g/mol. The lowest BCUT2D eigenvalue weighted by molar-refractivity contribution is -0.136. The number of methoxy groups -OCH3 is 1. The maximum atomic E-state index is 13.2. The number of nitrogens with one attached hydrogen (secondary N) is 4. The summed E-state index contributed by atoms with van der Waals surface area (Å²) < 4.78 is 30.8. The van der Waals surface area contributed by atoms with Crippen molar-refractivity contribution >= 4 is 81.4 Å². The van der Waals surface area contributed by atoms with Crippen LogP contribution in [0.1, 0.15) is 64.3 Å². The molecule has 1 saturated heterocycles. The van der Waals surface area contributed by atoms with E-state index in [2.05, 4.69) is 46.4 Å². The molecule has 0 spiro atoms. The number of amidine groups is 1. The van der Waals surface area contributed by atoms with E-state index < -0.39 is 41.8 Å². The van der Waals surface area contributed by atoms with Crippen LogP contribution in [0.15, 0.2) is 60.1 Å². The second kappa shape index (κ2) is 23.4. The summed E-state index contributed by atoms with van der Waals surface area (Å²) in [5, 5.41) is 19.9. The van der Waals surface area contributed by atoms with Crippen molar-refractivity contribution in [3.8, 4) is 5.82 Å². The molecule has 7 rings (SSSR count). The number of aromatic nitrogens is 6. The van der Waals surface area contributed by atoms with E-state index in [1.165, 1.54) is 28.7 Å². The number of carbonyl (C=O) groups is 5. The first kappa shape index (κ1) is 49.3. The SMILES string of the molecule is CO[C@@H](C)c1c(NC(=O)Nc2cnc(-n3cc(CN=C(N)CCOCCOCCOCCOCCNc4cccc5c4C(=O)N(C4CCC(=O)NC4=O)C5=O)cn3)c(Cl)c2)cnc2cc(Cl)nn12. The molecule has 1 aromatic carbocycles. The number of benzene rings is 1. The lowest BCUT2D eigenvalue weighted by atomic mass is 10.0. The van der Waals surface area contributed by atoms with E-state index in [1.807, 2.05) is 0 Å². The molecular formula is C43H49Cl2N13O10. The number of aliphatic imine (C=N–C) groups is 1. The summed E-state index contributed by atoms with van der Waals surface area (Å²) in [5.41, 5.74) is 9.48. The van der Waals surface area contributed by atoms with Crippen molar-refractivity contribution in [3.63, 3.8) is 0 Å². The van der Waals surface area contributed by atoms with Crippen molar-refractivity contribution < 1.29 is 47.7 Å². The van der Waals surface area contributed by atoms with Crippen LogP contribution in [0.4, 0.5) is 21.9 Å². The van der Waals surface area contributed by atoms with Gasteiger partial charge in [-0.15, -0.1) is 0 Å². The first-order valence-electron chi connectivity index (χ1n) is 21.4. The fraction of sp³-hybridized carbons (Fsp3) is 0.395. The van der Waals surface area contributed by atoms with Crippen LogP contribution in [0.5, 0.6) is 0 Å². The lowest BCUT2D eigenvalue weighted by Gasteiger charge is -2.27. The zero-order chi connectivity index (χ0) is 48.2. The summed E-state index contributed by atoms with van der Waals surface area (Å²) in [4.78, 5) is 77.2. The fourth-order valence-corrected chi connectivity index (χ4v) is 7.59. The summed E-state index contributed by atoms with van der Waals surface area (Å²) in [6, 6.07) is 6.43. The smallest absolute Gasteiger partial charge is 0.323 e. The number of carbonyl (C=O) groups excluding carboxylic acids is 5. The number of rotatable bonds is 24. The van der Waals surface area contributed by atoms with E-state index in [0.717, 1.165) is 10.5 Å². The van der Waals surface area contributed by atoms with Crippen molar-refractivity contribution in [2.75, 3.05) is 82.5 Å². The number of pyridine rings is 1. The molecule has 360 valence electrons. The van der Waals surface area contributed by atoms with E-state index in [-0.39, 0.29) is 40.7 Å². The van der Waals surface area contributed by atoms with Gasteiger partial charge in [-0.25, -0.2) is 24.0 Å². The summed E-state index contributed by atoms with van der Waals surface area (Å²) in [6.45, 7) is 5.29. The van der Waals surface area contributed by atoms with Crippen molar-refractivity contribution in [2.24, 2.45) is 10.7 Å². The monoisotopic (exact) mass is 977 g/mol. The summed E-state index contributed by atoms with van der Waals surface area (Å²) in [7, 11) is 1.54. The van der Waals surface area contributed by atoms with E-state index in [1.54, 1.807) is 49.6 Å². The van der Waals surface area contributed by atoms with Gasteiger partial charge < -0.3 is 45.4 Å². The molecule has 25 heteroatoms. The standard InChI is InChI=1S/C43H49Cl2N13O10/c1-25(64-2)38-31(23-49-35-19-33(45)55-58(35)38)53-43(63)52-27-18-29(44)39(50-22-27)56-24-26(21-51-56)20-48-34(46)8-10-65-12-14-67-16-17-68-15-13-66-11-9-47-30-5-3-4-28-37(30)42(62)57(41(28)61)32-6-7-36(59)54-40(32)60/h3-5,18-19,21-25,32,47H,6-17,20H2,1-2H3,(H2,46,48)(H2,52,53,63)(H,54,59,60)/t25-,32?/m0/s1. The van der Waals surface area contributed by atoms with Gasteiger partial charge in [0, 0.05) is 50.0 Å². The Bertz CT molecular complexity index is 2680. The number of halogens is 2. The number of nitrogens with zero attached hydrogens (tertiary/aromatic N) is 8. The van der Waals surface area contributed by atoms with Gasteiger partial charge in [0.05, 0.1) is 123 Å². The molecular weight excluding hydrogens is 929 g/mol. The molecule has 0 bridgehead atoms. The molecule has 6 N–H and O–H groups in total. The maximum Gasteiger partial charge on any atom is 0.323 e. The van der Waals surface area contributed by atoms with Crippen LogP contribution in [0.3, 0.4) is 0 Å². The Morgan fingerprint density at radius 1 is 0.926 bits per heavy atom. The number of hydrogen-bond donors (Lipinski definition) is 5. The van der Waals surface area contributed by atoms with Crippen molar-refractivity contribution in [3.05, 3.63) is 87.7 Å². The summed E-state index contributed by atoms with van der Waals surface area (Å²) in [6.07, 6.45) is 6.42. The minimum Gasteiger partial charge on any atom is -0.387 e. The molecule has 0 radical (unpaired) electrons. The topological polar surface area (TPSA) is 282 Å². The van der Waals surface area contributed by atoms with Gasteiger partial charge in [-0.05, 0) is 31.5 Å². The Morgan fingerprint density at radius 3 is 2.38 bits per heavy atom. The quantitative estimate of drug-likeness (QED) is 0.0254. The van der Waals surface area contributed by atoms with Gasteiger partial charge in [-0.1, -0.05) is 29.3 Å². The van der Waals surface area contributed by atoms with E-state index in [0.29, 0.717) is 106 Å². The Kier molecular flexibility index (Phi) is 17.0. The molecule has 1 fully saturated rings. The number of fused-ring (bicyclic) bond motifs is 2. The summed E-state index contributed by atoms with van der Waals surface area (Å²) in [5.74, 6) is -1.47. The number of anilines is 3. The summed E-state index contributed by atoms with van der Waals surface area (Å²) >= 11 is 12.6. The number of piperidine rings is 1. The first-order valence-corrected chi connectivity index (χ1v) is 22.2. The lowest BCUT2D eigenvalue weighted by Crippen LogP contribution is -2.54. The molecule has 2 aliphatic heterocycles. The third-order valence-electron chi connectivity index (χ3n) is 10.5. The molecule has 0 aliphatic carbocycles. The van der Waals surface area contributed by atoms with Crippen LogP contribution in [0, 0.1) is 0 Å². The third-order valence-corrected chi connectivity index (χ3v) is 11.0. The molecule has 2 atom stereocenters. The maximum absolute atomic E-state index is 13.2. The zero-order valence-corrected chi connectivity index (χ0v) is 38.5. The van der Waals surface area contributed by atoms with Crippen LogP contribution in [0.25, 0.3) is 11.5 Å². The van der Waals surface area contributed by atoms with Gasteiger partial charge in [0.25, 0.3) is 11.8 Å². The highest BCUT2D eigenvalue weighted by Gasteiger charge is 2.45. The fourth-order valence-electron chi connectivity index (χ4n) is 7.16. The zero-order valence-electron chi connectivity index (χ0n) is 37.0. The molecule has 1 unspecified atom stereocenters. The first-order chi connectivity index (χ1) is 32.9. The van der Waals surface area contributed by atoms with Gasteiger partial charge in [0.2, 0.25) is 11.8 Å². The second-order valence-electron chi connectivity index (χ2n) is 15.2. The molecule has 68 heavy (non-hydrogen) atoms. The van der Waals surface area contributed by atoms with Crippen LogP contribution < -0.4 is 27.0 Å². The van der Waals surface area contributed by atoms with Crippen molar-refractivity contribution in [1.82, 2.24) is 39.6 Å². The van der Waals surface area contributed by atoms with Gasteiger partial charge >= 0.3 is 6.03 Å². The highest BCUT2D eigenvalue weighted by molar-refractivity contribution is 6.32. The number of hydrogen-bond acceptors (Lipinski definition) is 16. The largest absolute Gasteiger partial charge is 0.387 e. The third kappa shape index (κ3) is 12.3. The normalized spacial score (nSPS) is 15.5. The predicted molar refractivity (Wildman–Crippen MR) is 247 cm³/mol. The van der Waals surface area contributed by atoms with Crippen LogP contribution >= 0.6 is 23.2 Å².